The molecule has 2 aliphatic rings. The fourth-order valence-corrected chi connectivity index (χ4v) is 5.69. The highest BCUT2D eigenvalue weighted by Gasteiger charge is 2.70. The van der Waals surface area contributed by atoms with Crippen LogP contribution in [0.25, 0.3) is 0 Å². The third-order valence-corrected chi connectivity index (χ3v) is 7.65. The van der Waals surface area contributed by atoms with E-state index in [1.54, 1.807) is 6.92 Å². The van der Waals surface area contributed by atoms with E-state index in [4.69, 9.17) is 5.73 Å². The Bertz CT molecular complexity index is 1310. The van der Waals surface area contributed by atoms with E-state index < -0.39 is 65.0 Å². The van der Waals surface area contributed by atoms with Crippen molar-refractivity contribution in [2.24, 2.45) is 16.6 Å². The molecule has 39 heavy (non-hydrogen) atoms. The molecule has 0 saturated heterocycles. The Morgan fingerprint density at radius 3 is 2.59 bits per heavy atom. The van der Waals surface area contributed by atoms with E-state index in [1.165, 1.54) is 19.1 Å². The summed E-state index contributed by atoms with van der Waals surface area (Å²) in [6.07, 6.45) is -5.39. The molecule has 1 aliphatic heterocycles. The van der Waals surface area contributed by atoms with Crippen molar-refractivity contribution >= 4 is 34.4 Å². The highest BCUT2D eigenvalue weighted by atomic mass is 32.2. The maximum atomic E-state index is 15.1. The predicted octanol–water partition coefficient (Wildman–Crippen LogP) is 3.61. The molecule has 210 valence electrons. The second-order valence-corrected chi connectivity index (χ2v) is 10.6. The minimum atomic E-state index is -4.57. The number of halogens is 6. The van der Waals surface area contributed by atoms with Crippen LogP contribution in [0.2, 0.25) is 0 Å². The lowest BCUT2D eigenvalue weighted by Gasteiger charge is -2.34. The first-order valence-corrected chi connectivity index (χ1v) is 12.2. The molecule has 0 radical (unpaired) electrons. The normalized spacial score (nSPS) is 24.8. The Morgan fingerprint density at radius 1 is 1.26 bits per heavy atom. The van der Waals surface area contributed by atoms with Crippen LogP contribution in [0.5, 0.6) is 5.88 Å². The average molecular weight is 577 g/mol. The molecule has 16 heteroatoms. The summed E-state index contributed by atoms with van der Waals surface area (Å²) in [7, 11) is 0. The quantitative estimate of drug-likeness (QED) is 0.409. The number of nitrogens with one attached hydrogen (secondary N) is 2. The maximum Gasteiger partial charge on any atom is 0.422 e. The van der Waals surface area contributed by atoms with Crippen molar-refractivity contribution in [1.82, 2.24) is 15.3 Å². The number of anilines is 1. The monoisotopic (exact) mass is 576 g/mol. The Labute approximate surface area is 222 Å². The van der Waals surface area contributed by atoms with Gasteiger partial charge in [0.1, 0.15) is 16.3 Å². The second kappa shape index (κ2) is 10.2. The number of carbonyl (C=O) groups excluding carboxylic acids is 2. The number of fused-ring (bicyclic) bond motifs is 1. The molecule has 2 heterocycles. The first kappa shape index (κ1) is 28.4. The molecule has 9 nitrogen and oxygen atoms in total. The molecule has 4 rings (SSSR count). The van der Waals surface area contributed by atoms with Crippen LogP contribution in [0.3, 0.4) is 0 Å². The fourth-order valence-electron chi connectivity index (χ4n) is 4.31. The summed E-state index contributed by atoms with van der Waals surface area (Å²) in [4.78, 5) is 37.3. The number of nitrogens with zero attached hydrogens (tertiary/aromatic N) is 3. The molecule has 2 amide bonds. The molecule has 1 aromatic heterocycles. The van der Waals surface area contributed by atoms with Crippen LogP contribution >= 0.6 is 11.8 Å². The van der Waals surface area contributed by atoms with E-state index in [0.29, 0.717) is 0 Å². The number of nitrogens with two attached hydrogens (primary N) is 1. The molecule has 1 fully saturated rings. The van der Waals surface area contributed by atoms with E-state index in [2.05, 4.69) is 30.3 Å². The van der Waals surface area contributed by atoms with Crippen molar-refractivity contribution in [1.29, 1.82) is 0 Å². The third kappa shape index (κ3) is 5.89. The van der Waals surface area contributed by atoms with Gasteiger partial charge in [-0.05, 0) is 38.5 Å². The minimum Gasteiger partial charge on any atom is -0.467 e. The molecule has 1 aromatic carbocycles. The van der Waals surface area contributed by atoms with Crippen LogP contribution < -0.4 is 21.1 Å². The van der Waals surface area contributed by atoms with Gasteiger partial charge in [-0.2, -0.15) is 13.2 Å². The van der Waals surface area contributed by atoms with Gasteiger partial charge in [-0.1, -0.05) is 11.8 Å². The van der Waals surface area contributed by atoms with E-state index in [9.17, 15) is 31.5 Å². The lowest BCUT2D eigenvalue weighted by atomic mass is 9.85. The van der Waals surface area contributed by atoms with Crippen LogP contribution in [0, 0.1) is 11.7 Å². The largest absolute Gasteiger partial charge is 0.467 e. The topological polar surface area (TPSA) is 132 Å². The number of thioether (sulfide) groups is 1. The standard InChI is InChI=1S/C23H22F6N6O3S/c1-10(17(25)26)33-19(37)22-6-15(22)21(2,35-20(30)39-22)12-5-11(3-4-13(12)24)34-18(36)14-7-32-16(8-31-14)38-9-23(27,28)29/h3-5,7-8,10,15,17H,6,9H2,1-2H3,(H2,30,35)(H,33,37)(H,34,36)/t10-,15-,21+,22-/m0/s1. The number of hydrogen-bond acceptors (Lipinski definition) is 8. The van der Waals surface area contributed by atoms with Crippen molar-refractivity contribution in [2.75, 3.05) is 11.9 Å². The highest BCUT2D eigenvalue weighted by molar-refractivity contribution is 8.15. The number of rotatable bonds is 8. The van der Waals surface area contributed by atoms with Crippen molar-refractivity contribution in [3.8, 4) is 5.88 Å². The summed E-state index contributed by atoms with van der Waals surface area (Å²) in [5.41, 5.74) is 4.49. The summed E-state index contributed by atoms with van der Waals surface area (Å²) in [6.45, 7) is 1.15. The number of hydrogen-bond donors (Lipinski definition) is 3. The van der Waals surface area contributed by atoms with E-state index in [-0.39, 0.29) is 28.5 Å². The first-order valence-electron chi connectivity index (χ1n) is 11.4. The van der Waals surface area contributed by atoms with Crippen LogP contribution in [0.1, 0.15) is 36.3 Å². The molecule has 1 aliphatic carbocycles. The van der Waals surface area contributed by atoms with Gasteiger partial charge in [-0.3, -0.25) is 14.6 Å². The molecule has 0 unspecified atom stereocenters. The summed E-state index contributed by atoms with van der Waals surface area (Å²) >= 11 is 0.936. The zero-order chi connectivity index (χ0) is 28.8. The van der Waals surface area contributed by atoms with Gasteiger partial charge < -0.3 is 21.1 Å². The number of amides is 2. The van der Waals surface area contributed by atoms with E-state index >= 15 is 4.39 Å². The number of amidine groups is 1. The van der Waals surface area contributed by atoms with Crippen LogP contribution in [0.4, 0.5) is 32.0 Å². The molecular weight excluding hydrogens is 554 g/mol. The molecule has 4 N–H and O–H groups in total. The predicted molar refractivity (Wildman–Crippen MR) is 129 cm³/mol. The fraction of sp³-hybridized carbons (Fsp3) is 0.435. The van der Waals surface area contributed by atoms with Gasteiger partial charge in [0.05, 0.1) is 24.0 Å². The molecule has 2 aromatic rings. The zero-order valence-electron chi connectivity index (χ0n) is 20.4. The third-order valence-electron chi connectivity index (χ3n) is 6.35. The number of ether oxygens (including phenoxy) is 1. The number of aliphatic imine (C=N–C) groups is 1. The minimum absolute atomic E-state index is 0.00659. The van der Waals surface area contributed by atoms with Gasteiger partial charge in [0, 0.05) is 17.2 Å². The lowest BCUT2D eigenvalue weighted by molar-refractivity contribution is -0.154. The lowest BCUT2D eigenvalue weighted by Crippen LogP contribution is -2.48. The van der Waals surface area contributed by atoms with E-state index in [1.807, 2.05) is 0 Å². The van der Waals surface area contributed by atoms with Crippen LogP contribution in [-0.4, -0.2) is 56.9 Å². The first-order chi connectivity index (χ1) is 18.1. The Balaban J connectivity index is 1.53. The Morgan fingerprint density at radius 2 is 1.97 bits per heavy atom. The Kier molecular flexibility index (Phi) is 7.44. The van der Waals surface area contributed by atoms with Crippen molar-refractivity contribution < 1.29 is 40.7 Å². The summed E-state index contributed by atoms with van der Waals surface area (Å²) in [5, 5.41) is 4.75. The molecule has 1 saturated carbocycles. The van der Waals surface area contributed by atoms with Crippen molar-refractivity contribution in [3.63, 3.8) is 0 Å². The summed E-state index contributed by atoms with van der Waals surface area (Å²) < 4.78 is 81.1. The van der Waals surface area contributed by atoms with Gasteiger partial charge in [0.2, 0.25) is 11.8 Å². The van der Waals surface area contributed by atoms with Gasteiger partial charge in [-0.25, -0.2) is 23.1 Å². The smallest absolute Gasteiger partial charge is 0.422 e. The van der Waals surface area contributed by atoms with Crippen LogP contribution in [-0.2, 0) is 10.3 Å². The van der Waals surface area contributed by atoms with E-state index in [0.717, 1.165) is 30.2 Å². The number of aromatic nitrogens is 2. The molecular formula is C23H22F6N6O3S. The maximum absolute atomic E-state index is 15.1. The molecule has 0 spiro atoms. The second-order valence-electron chi connectivity index (χ2n) is 9.23. The number of benzene rings is 1. The molecule has 4 atom stereocenters. The van der Waals surface area contributed by atoms with Gasteiger partial charge in [0.25, 0.3) is 12.3 Å². The zero-order valence-corrected chi connectivity index (χ0v) is 21.2. The Hall–Kier alpha value is -3.56. The number of alkyl halides is 5. The number of carbonyl (C=O) groups is 2. The molecule has 0 bridgehead atoms. The van der Waals surface area contributed by atoms with Gasteiger partial charge in [0.15, 0.2) is 11.8 Å². The van der Waals surface area contributed by atoms with Crippen molar-refractivity contribution in [2.45, 2.75) is 49.2 Å². The van der Waals surface area contributed by atoms with Crippen LogP contribution in [0.15, 0.2) is 35.6 Å². The SMILES string of the molecule is C[C@H](NC(=O)[C@]12C[C@H]1[C@@](C)(c1cc(NC(=O)c3cnc(OCC(F)(F)F)cn3)ccc1F)N=C(N)S2)C(F)F. The summed E-state index contributed by atoms with van der Waals surface area (Å²) in [5.74, 6) is -3.17. The highest BCUT2D eigenvalue weighted by Crippen LogP contribution is 2.66. The van der Waals surface area contributed by atoms with Gasteiger partial charge >= 0.3 is 6.18 Å². The average Bonchev–Trinajstić information content (AvgIpc) is 3.60. The van der Waals surface area contributed by atoms with Gasteiger partial charge in [-0.15, -0.1) is 0 Å². The summed E-state index contributed by atoms with van der Waals surface area (Å²) in [6, 6.07) is 2.24. The van der Waals surface area contributed by atoms with Crippen molar-refractivity contribution in [3.05, 3.63) is 47.7 Å².